The molecule has 0 saturated carbocycles. The summed E-state index contributed by atoms with van der Waals surface area (Å²) in [4.78, 5) is 11.5. The molecule has 1 aromatic carbocycles. The first-order chi connectivity index (χ1) is 8.86. The third kappa shape index (κ3) is 3.27. The highest BCUT2D eigenvalue weighted by Crippen LogP contribution is 2.29. The molecule has 6 heteroatoms. The normalized spacial score (nSPS) is 19.5. The van der Waals surface area contributed by atoms with Crippen LogP contribution in [0.25, 0.3) is 0 Å². The second kappa shape index (κ2) is 4.95. The van der Waals surface area contributed by atoms with Crippen LogP contribution in [0.15, 0.2) is 46.1 Å². The molecular weight excluding hydrogens is 257 g/mol. The van der Waals surface area contributed by atoms with Crippen molar-refractivity contribution in [3.05, 3.63) is 47.0 Å². The van der Waals surface area contributed by atoms with Crippen molar-refractivity contribution in [3.8, 4) is 0 Å². The zero-order valence-corrected chi connectivity index (χ0v) is 10.1. The van der Waals surface area contributed by atoms with Gasteiger partial charge in [0.25, 0.3) is 5.91 Å². The molecule has 19 heavy (non-hydrogen) atoms. The van der Waals surface area contributed by atoms with Crippen molar-refractivity contribution in [2.24, 2.45) is 10.2 Å². The fourth-order valence-corrected chi connectivity index (χ4v) is 1.77. The molecule has 1 aliphatic rings. The van der Waals surface area contributed by atoms with Crippen LogP contribution in [0.2, 0.25) is 0 Å². The molecule has 1 aliphatic heterocycles. The number of benzene rings is 1. The Morgan fingerprint density at radius 3 is 2.42 bits per heavy atom. The number of hydrogen-bond acceptors (Lipinski definition) is 2. The van der Waals surface area contributed by atoms with Gasteiger partial charge in [0.2, 0.25) is 0 Å². The number of hydrogen-bond donors (Lipinski definition) is 0. The molecule has 1 heterocycles. The molecule has 0 fully saturated rings. The van der Waals surface area contributed by atoms with Crippen molar-refractivity contribution in [3.63, 3.8) is 0 Å². The molecule has 3 nitrogen and oxygen atoms in total. The van der Waals surface area contributed by atoms with Crippen LogP contribution in [0.5, 0.6) is 0 Å². The molecule has 0 aromatic heterocycles. The van der Waals surface area contributed by atoms with Crippen LogP contribution in [0.3, 0.4) is 0 Å². The van der Waals surface area contributed by atoms with Crippen molar-refractivity contribution in [1.82, 2.24) is 0 Å². The summed E-state index contributed by atoms with van der Waals surface area (Å²) in [5.41, 5.74) is 0.396. The van der Waals surface area contributed by atoms with Crippen LogP contribution >= 0.6 is 0 Å². The Bertz CT molecular complexity index is 544. The van der Waals surface area contributed by atoms with E-state index in [9.17, 15) is 18.0 Å². The summed E-state index contributed by atoms with van der Waals surface area (Å²) in [6, 6.07) is 4.57. The van der Waals surface area contributed by atoms with Crippen molar-refractivity contribution in [2.75, 3.05) is 0 Å². The minimum absolute atomic E-state index is 0.179. The fraction of sp³-hybridized carbons (Fsp3) is 0.308. The highest BCUT2D eigenvalue weighted by molar-refractivity contribution is 5.94. The summed E-state index contributed by atoms with van der Waals surface area (Å²) in [6.07, 6.45) is -2.41. The van der Waals surface area contributed by atoms with Crippen LogP contribution < -0.4 is 0 Å². The molecule has 1 unspecified atom stereocenters. The van der Waals surface area contributed by atoms with Gasteiger partial charge in [-0.15, -0.1) is 5.11 Å². The Kier molecular flexibility index (Phi) is 3.50. The number of halogens is 3. The SMILES string of the molecule is CC1C=C(Cc2ccc(C(F)(F)F)cc2)C(=O)N=N1. The molecule has 0 bridgehead atoms. The maximum absolute atomic E-state index is 12.4. The average Bonchev–Trinajstić information content (AvgIpc) is 2.33. The summed E-state index contributed by atoms with van der Waals surface area (Å²) < 4.78 is 37.2. The molecule has 0 N–H and O–H groups in total. The molecule has 0 spiro atoms. The van der Waals surface area contributed by atoms with Crippen LogP contribution in [-0.4, -0.2) is 11.9 Å². The summed E-state index contributed by atoms with van der Waals surface area (Å²) >= 11 is 0. The lowest BCUT2D eigenvalue weighted by atomic mass is 10.0. The Morgan fingerprint density at radius 1 is 1.21 bits per heavy atom. The first-order valence-electron chi connectivity index (χ1n) is 5.68. The number of alkyl halides is 3. The number of nitrogens with zero attached hydrogens (tertiary/aromatic N) is 2. The fourth-order valence-electron chi connectivity index (χ4n) is 1.77. The van der Waals surface area contributed by atoms with Gasteiger partial charge >= 0.3 is 6.18 Å². The lowest BCUT2D eigenvalue weighted by Gasteiger charge is -2.11. The van der Waals surface area contributed by atoms with E-state index in [-0.39, 0.29) is 12.5 Å². The monoisotopic (exact) mass is 268 g/mol. The lowest BCUT2D eigenvalue weighted by molar-refractivity contribution is -0.137. The van der Waals surface area contributed by atoms with Crippen molar-refractivity contribution in [1.29, 1.82) is 0 Å². The first-order valence-corrected chi connectivity index (χ1v) is 5.68. The zero-order valence-electron chi connectivity index (χ0n) is 10.1. The van der Waals surface area contributed by atoms with Gasteiger partial charge in [-0.25, -0.2) is 0 Å². The number of carbonyl (C=O) groups is 1. The average molecular weight is 268 g/mol. The lowest BCUT2D eigenvalue weighted by Crippen LogP contribution is -2.11. The van der Waals surface area contributed by atoms with Crippen molar-refractivity contribution in [2.45, 2.75) is 25.6 Å². The molecular formula is C13H11F3N2O. The van der Waals surface area contributed by atoms with E-state index < -0.39 is 17.6 Å². The van der Waals surface area contributed by atoms with E-state index in [1.807, 2.05) is 0 Å². The minimum atomic E-state index is -4.35. The van der Waals surface area contributed by atoms with E-state index >= 15 is 0 Å². The van der Waals surface area contributed by atoms with Gasteiger partial charge in [-0.2, -0.15) is 18.3 Å². The number of amides is 1. The summed E-state index contributed by atoms with van der Waals surface area (Å²) in [7, 11) is 0. The summed E-state index contributed by atoms with van der Waals surface area (Å²) in [6.45, 7) is 1.78. The Labute approximate surface area is 107 Å². The molecule has 0 saturated heterocycles. The van der Waals surface area contributed by atoms with E-state index in [0.29, 0.717) is 11.1 Å². The van der Waals surface area contributed by atoms with Gasteiger partial charge < -0.3 is 0 Å². The molecule has 100 valence electrons. The van der Waals surface area contributed by atoms with Gasteiger partial charge in [-0.05, 0) is 30.7 Å². The van der Waals surface area contributed by atoms with Crippen molar-refractivity contribution < 1.29 is 18.0 Å². The summed E-state index contributed by atoms with van der Waals surface area (Å²) in [5, 5.41) is 7.18. The van der Waals surface area contributed by atoms with Gasteiger partial charge in [0, 0.05) is 12.0 Å². The highest BCUT2D eigenvalue weighted by atomic mass is 19.4. The molecule has 1 aromatic rings. The summed E-state index contributed by atoms with van der Waals surface area (Å²) in [5.74, 6) is -0.432. The highest BCUT2D eigenvalue weighted by Gasteiger charge is 2.30. The van der Waals surface area contributed by atoms with E-state index in [4.69, 9.17) is 0 Å². The quantitative estimate of drug-likeness (QED) is 0.808. The second-order valence-electron chi connectivity index (χ2n) is 4.32. The van der Waals surface area contributed by atoms with Gasteiger partial charge in [0.15, 0.2) is 0 Å². The van der Waals surface area contributed by atoms with E-state index in [1.165, 1.54) is 12.1 Å². The van der Waals surface area contributed by atoms with Crippen LogP contribution in [0.4, 0.5) is 13.2 Å². The third-order valence-corrected chi connectivity index (χ3v) is 2.72. The third-order valence-electron chi connectivity index (χ3n) is 2.72. The predicted molar refractivity (Wildman–Crippen MR) is 62.6 cm³/mol. The van der Waals surface area contributed by atoms with Crippen LogP contribution in [-0.2, 0) is 17.4 Å². The molecule has 0 radical (unpaired) electrons. The minimum Gasteiger partial charge on any atom is -0.265 e. The standard InChI is InChI=1S/C13H11F3N2O/c1-8-6-10(12(19)18-17-8)7-9-2-4-11(5-3-9)13(14,15)16/h2-6,8H,7H2,1H3. The predicted octanol–water partition coefficient (Wildman–Crippen LogP) is 3.56. The first kappa shape index (κ1) is 13.5. The molecule has 1 atom stereocenters. The van der Waals surface area contributed by atoms with E-state index in [1.54, 1.807) is 13.0 Å². The van der Waals surface area contributed by atoms with Gasteiger partial charge in [0.05, 0.1) is 11.6 Å². The maximum atomic E-state index is 12.4. The number of azo groups is 1. The second-order valence-corrected chi connectivity index (χ2v) is 4.32. The number of carbonyl (C=O) groups excluding carboxylic acids is 1. The van der Waals surface area contributed by atoms with Crippen LogP contribution in [0, 0.1) is 0 Å². The number of rotatable bonds is 2. The van der Waals surface area contributed by atoms with E-state index in [2.05, 4.69) is 10.2 Å². The van der Waals surface area contributed by atoms with Gasteiger partial charge in [-0.3, -0.25) is 4.79 Å². The Hall–Kier alpha value is -1.98. The van der Waals surface area contributed by atoms with E-state index in [0.717, 1.165) is 12.1 Å². The largest absolute Gasteiger partial charge is 0.416 e. The molecule has 2 rings (SSSR count). The van der Waals surface area contributed by atoms with Gasteiger partial charge in [0.1, 0.15) is 0 Å². The van der Waals surface area contributed by atoms with Crippen LogP contribution in [0.1, 0.15) is 18.1 Å². The Balaban J connectivity index is 2.14. The smallest absolute Gasteiger partial charge is 0.265 e. The zero-order chi connectivity index (χ0) is 14.0. The van der Waals surface area contributed by atoms with Crippen molar-refractivity contribution >= 4 is 5.91 Å². The molecule has 0 aliphatic carbocycles. The molecule has 1 amide bonds. The van der Waals surface area contributed by atoms with Gasteiger partial charge in [-0.1, -0.05) is 12.1 Å². The maximum Gasteiger partial charge on any atom is 0.416 e. The Morgan fingerprint density at radius 2 is 1.84 bits per heavy atom. The topological polar surface area (TPSA) is 41.8 Å².